The minimum absolute atomic E-state index is 0.281. The highest BCUT2D eigenvalue weighted by atomic mass is 35.5. The van der Waals surface area contributed by atoms with Gasteiger partial charge in [-0.25, -0.2) is 0 Å². The summed E-state index contributed by atoms with van der Waals surface area (Å²) in [6.45, 7) is 9.00. The summed E-state index contributed by atoms with van der Waals surface area (Å²) in [5, 5.41) is 5.02. The summed E-state index contributed by atoms with van der Waals surface area (Å²) in [5.41, 5.74) is 1.46. The van der Waals surface area contributed by atoms with Crippen LogP contribution >= 0.6 is 23.2 Å². The van der Waals surface area contributed by atoms with Gasteiger partial charge in [0.2, 0.25) is 0 Å². The molecule has 1 atom stereocenters. The molecule has 1 fully saturated rings. The van der Waals surface area contributed by atoms with E-state index in [1.807, 2.05) is 12.1 Å². The Morgan fingerprint density at radius 2 is 2.00 bits per heavy atom. The topological polar surface area (TPSA) is 12.0 Å². The van der Waals surface area contributed by atoms with Crippen LogP contribution in [0.15, 0.2) is 18.2 Å². The van der Waals surface area contributed by atoms with Gasteiger partial charge in [0, 0.05) is 6.54 Å². The molecule has 1 unspecified atom stereocenters. The van der Waals surface area contributed by atoms with Gasteiger partial charge in [-0.15, -0.1) is 0 Å². The molecule has 1 aliphatic rings. The third-order valence-corrected chi connectivity index (χ3v) is 5.13. The zero-order valence-corrected chi connectivity index (χ0v) is 14.2. The molecule has 1 saturated carbocycles. The molecule has 1 aromatic rings. The molecule has 0 saturated heterocycles. The highest BCUT2D eigenvalue weighted by Crippen LogP contribution is 2.48. The summed E-state index contributed by atoms with van der Waals surface area (Å²) >= 11 is 12.5. The molecule has 1 aromatic carbocycles. The standard InChI is InChI=1S/C17H25Cl2N/c1-12(2)10-20-11-17(3,14-7-8-14)9-13-5-4-6-15(18)16(13)19/h4-6,12,14,20H,7-11H2,1-3H3. The number of benzene rings is 1. The Morgan fingerprint density at radius 3 is 2.60 bits per heavy atom. The van der Waals surface area contributed by atoms with E-state index in [9.17, 15) is 0 Å². The van der Waals surface area contributed by atoms with Crippen LogP contribution in [0.5, 0.6) is 0 Å². The fraction of sp³-hybridized carbons (Fsp3) is 0.647. The molecule has 112 valence electrons. The number of halogens is 2. The monoisotopic (exact) mass is 313 g/mol. The molecule has 1 aliphatic carbocycles. The summed E-state index contributed by atoms with van der Waals surface area (Å²) in [6, 6.07) is 5.97. The Bertz CT molecular complexity index is 454. The fourth-order valence-corrected chi connectivity index (χ4v) is 3.28. The first-order valence-electron chi connectivity index (χ1n) is 7.56. The van der Waals surface area contributed by atoms with Crippen molar-refractivity contribution in [3.8, 4) is 0 Å². The summed E-state index contributed by atoms with van der Waals surface area (Å²) < 4.78 is 0. The third-order valence-electron chi connectivity index (χ3n) is 4.27. The van der Waals surface area contributed by atoms with E-state index in [0.717, 1.165) is 30.5 Å². The smallest absolute Gasteiger partial charge is 0.0624 e. The van der Waals surface area contributed by atoms with E-state index in [0.29, 0.717) is 10.9 Å². The summed E-state index contributed by atoms with van der Waals surface area (Å²) in [7, 11) is 0. The predicted molar refractivity (Wildman–Crippen MR) is 88.7 cm³/mol. The lowest BCUT2D eigenvalue weighted by Gasteiger charge is -2.31. The zero-order chi connectivity index (χ0) is 14.8. The first kappa shape index (κ1) is 16.1. The largest absolute Gasteiger partial charge is 0.316 e. The van der Waals surface area contributed by atoms with Crippen LogP contribution in [0.1, 0.15) is 39.2 Å². The van der Waals surface area contributed by atoms with Crippen LogP contribution in [0.2, 0.25) is 10.0 Å². The van der Waals surface area contributed by atoms with E-state index < -0.39 is 0 Å². The maximum atomic E-state index is 6.36. The molecule has 1 nitrogen and oxygen atoms in total. The van der Waals surface area contributed by atoms with Gasteiger partial charge in [0.05, 0.1) is 10.0 Å². The minimum Gasteiger partial charge on any atom is -0.316 e. The summed E-state index contributed by atoms with van der Waals surface area (Å²) in [5.74, 6) is 1.51. The quantitative estimate of drug-likeness (QED) is 0.729. The lowest BCUT2D eigenvalue weighted by molar-refractivity contribution is 0.252. The third kappa shape index (κ3) is 4.13. The van der Waals surface area contributed by atoms with Crippen LogP contribution in [0, 0.1) is 17.3 Å². The predicted octanol–water partition coefficient (Wildman–Crippen LogP) is 5.20. The zero-order valence-electron chi connectivity index (χ0n) is 12.7. The van der Waals surface area contributed by atoms with Crippen LogP contribution in [-0.4, -0.2) is 13.1 Å². The molecule has 2 rings (SSSR count). The van der Waals surface area contributed by atoms with Crippen molar-refractivity contribution in [2.75, 3.05) is 13.1 Å². The average molecular weight is 314 g/mol. The Hall–Kier alpha value is -0.240. The SMILES string of the molecule is CC(C)CNCC(C)(Cc1cccc(Cl)c1Cl)C1CC1. The number of nitrogens with one attached hydrogen (secondary N) is 1. The lowest BCUT2D eigenvalue weighted by Crippen LogP contribution is -2.37. The molecule has 0 aromatic heterocycles. The molecular weight excluding hydrogens is 289 g/mol. The van der Waals surface area contributed by atoms with Gasteiger partial charge >= 0.3 is 0 Å². The molecule has 20 heavy (non-hydrogen) atoms. The van der Waals surface area contributed by atoms with Crippen LogP contribution in [0.4, 0.5) is 0 Å². The maximum absolute atomic E-state index is 6.36. The van der Waals surface area contributed by atoms with Gasteiger partial charge in [-0.05, 0) is 54.7 Å². The van der Waals surface area contributed by atoms with E-state index >= 15 is 0 Å². The van der Waals surface area contributed by atoms with Gasteiger partial charge in [-0.2, -0.15) is 0 Å². The molecule has 0 amide bonds. The second-order valence-electron chi connectivity index (χ2n) is 6.84. The highest BCUT2D eigenvalue weighted by molar-refractivity contribution is 6.42. The van der Waals surface area contributed by atoms with Crippen molar-refractivity contribution in [3.05, 3.63) is 33.8 Å². The van der Waals surface area contributed by atoms with Crippen molar-refractivity contribution < 1.29 is 0 Å². The van der Waals surface area contributed by atoms with E-state index in [1.54, 1.807) is 0 Å². The van der Waals surface area contributed by atoms with Crippen LogP contribution < -0.4 is 5.32 Å². The van der Waals surface area contributed by atoms with Gasteiger partial charge in [-0.3, -0.25) is 0 Å². The molecular formula is C17H25Cl2N. The van der Waals surface area contributed by atoms with E-state index in [4.69, 9.17) is 23.2 Å². The van der Waals surface area contributed by atoms with Crippen molar-refractivity contribution in [2.24, 2.45) is 17.3 Å². The van der Waals surface area contributed by atoms with Crippen molar-refractivity contribution >= 4 is 23.2 Å². The van der Waals surface area contributed by atoms with Crippen molar-refractivity contribution in [1.29, 1.82) is 0 Å². The van der Waals surface area contributed by atoms with Gasteiger partial charge < -0.3 is 5.32 Å². The Kier molecular flexibility index (Phi) is 5.39. The first-order chi connectivity index (χ1) is 9.42. The van der Waals surface area contributed by atoms with Crippen LogP contribution in [-0.2, 0) is 6.42 Å². The van der Waals surface area contributed by atoms with E-state index in [2.05, 4.69) is 32.2 Å². The Labute approximate surface area is 133 Å². The van der Waals surface area contributed by atoms with Gasteiger partial charge in [0.1, 0.15) is 0 Å². The van der Waals surface area contributed by atoms with Crippen LogP contribution in [0.3, 0.4) is 0 Å². The highest BCUT2D eigenvalue weighted by Gasteiger charge is 2.41. The molecule has 0 aliphatic heterocycles. The molecule has 0 heterocycles. The first-order valence-corrected chi connectivity index (χ1v) is 8.31. The summed E-state index contributed by atoms with van der Waals surface area (Å²) in [6.07, 6.45) is 3.69. The fourth-order valence-electron chi connectivity index (χ4n) is 2.90. The normalized spacial score (nSPS) is 18.3. The molecule has 1 N–H and O–H groups in total. The Morgan fingerprint density at radius 1 is 1.30 bits per heavy atom. The average Bonchev–Trinajstić information content (AvgIpc) is 3.19. The van der Waals surface area contributed by atoms with Gasteiger partial charge in [0.25, 0.3) is 0 Å². The molecule has 0 spiro atoms. The number of rotatable bonds is 7. The van der Waals surface area contributed by atoms with E-state index in [1.165, 1.54) is 18.4 Å². The number of hydrogen-bond acceptors (Lipinski definition) is 1. The van der Waals surface area contributed by atoms with Crippen molar-refractivity contribution in [1.82, 2.24) is 5.32 Å². The summed E-state index contributed by atoms with van der Waals surface area (Å²) in [4.78, 5) is 0. The van der Waals surface area contributed by atoms with Crippen molar-refractivity contribution in [2.45, 2.75) is 40.0 Å². The minimum atomic E-state index is 0.281. The lowest BCUT2D eigenvalue weighted by atomic mass is 9.78. The second kappa shape index (κ2) is 6.68. The molecule has 3 heteroatoms. The van der Waals surface area contributed by atoms with Gasteiger partial charge in [0.15, 0.2) is 0 Å². The molecule has 0 bridgehead atoms. The second-order valence-corrected chi connectivity index (χ2v) is 7.63. The van der Waals surface area contributed by atoms with Crippen LogP contribution in [0.25, 0.3) is 0 Å². The maximum Gasteiger partial charge on any atom is 0.0624 e. The van der Waals surface area contributed by atoms with Crippen molar-refractivity contribution in [3.63, 3.8) is 0 Å². The Balaban J connectivity index is 2.06. The van der Waals surface area contributed by atoms with E-state index in [-0.39, 0.29) is 5.41 Å². The van der Waals surface area contributed by atoms with Gasteiger partial charge in [-0.1, -0.05) is 56.1 Å². The molecule has 0 radical (unpaired) electrons. The number of hydrogen-bond donors (Lipinski definition) is 1.